The van der Waals surface area contributed by atoms with Crippen LogP contribution in [0.15, 0.2) is 18.2 Å². The molecule has 0 aromatic heterocycles. The lowest BCUT2D eigenvalue weighted by molar-refractivity contribution is 0.0914. The Bertz CT molecular complexity index is 442. The number of benzene rings is 1. The van der Waals surface area contributed by atoms with E-state index in [9.17, 15) is 9.18 Å². The molecule has 0 radical (unpaired) electrons. The molecule has 2 fully saturated rings. The molecular formula is C14H15FO. The molecular weight excluding hydrogens is 203 g/mol. The van der Waals surface area contributed by atoms with E-state index in [1.807, 2.05) is 0 Å². The Kier molecular flexibility index (Phi) is 2.13. The minimum atomic E-state index is -0.231. The molecule has 2 unspecified atom stereocenters. The number of Topliss-reactive ketones (excluding diaryl/α,β-unsaturated/α-hetero) is 1. The maximum atomic E-state index is 13.1. The quantitative estimate of drug-likeness (QED) is 0.695. The molecule has 1 aromatic carbocycles. The number of hydrogen-bond acceptors (Lipinski definition) is 1. The van der Waals surface area contributed by atoms with Crippen molar-refractivity contribution in [1.29, 1.82) is 0 Å². The lowest BCUT2D eigenvalue weighted by Crippen LogP contribution is -2.13. The minimum Gasteiger partial charge on any atom is -0.294 e. The molecule has 2 aliphatic carbocycles. The first-order chi connectivity index (χ1) is 7.65. The molecule has 0 N–H and O–H groups in total. The SMILES string of the molecule is Cc1cc(C(=O)C2CC3CC3C2)ccc1F. The Labute approximate surface area is 94.7 Å². The van der Waals surface area contributed by atoms with Crippen molar-refractivity contribution in [3.8, 4) is 0 Å². The number of rotatable bonds is 2. The van der Waals surface area contributed by atoms with Crippen LogP contribution in [0.1, 0.15) is 35.2 Å². The number of fused-ring (bicyclic) bond motifs is 1. The van der Waals surface area contributed by atoms with Crippen LogP contribution >= 0.6 is 0 Å². The number of aryl methyl sites for hydroxylation is 1. The zero-order valence-corrected chi connectivity index (χ0v) is 9.37. The molecule has 0 spiro atoms. The monoisotopic (exact) mass is 218 g/mol. The zero-order chi connectivity index (χ0) is 11.3. The van der Waals surface area contributed by atoms with Gasteiger partial charge in [0.15, 0.2) is 5.78 Å². The molecule has 2 heteroatoms. The largest absolute Gasteiger partial charge is 0.294 e. The first-order valence-electron chi connectivity index (χ1n) is 5.95. The summed E-state index contributed by atoms with van der Waals surface area (Å²) in [6.07, 6.45) is 3.44. The van der Waals surface area contributed by atoms with E-state index < -0.39 is 0 Å². The van der Waals surface area contributed by atoms with E-state index in [4.69, 9.17) is 0 Å². The predicted molar refractivity (Wildman–Crippen MR) is 59.8 cm³/mol. The van der Waals surface area contributed by atoms with Gasteiger partial charge in [0.25, 0.3) is 0 Å². The van der Waals surface area contributed by atoms with Gasteiger partial charge in [0.05, 0.1) is 0 Å². The summed E-state index contributed by atoms with van der Waals surface area (Å²) in [5.41, 5.74) is 1.25. The summed E-state index contributed by atoms with van der Waals surface area (Å²) in [5, 5.41) is 0. The predicted octanol–water partition coefficient (Wildman–Crippen LogP) is 3.36. The zero-order valence-electron chi connectivity index (χ0n) is 9.37. The third kappa shape index (κ3) is 1.57. The molecule has 1 aromatic rings. The number of carbonyl (C=O) groups excluding carboxylic acids is 1. The third-order valence-corrected chi connectivity index (χ3v) is 4.06. The maximum Gasteiger partial charge on any atom is 0.165 e. The smallest absolute Gasteiger partial charge is 0.165 e. The Balaban J connectivity index is 1.80. The van der Waals surface area contributed by atoms with Gasteiger partial charge >= 0.3 is 0 Å². The highest BCUT2D eigenvalue weighted by atomic mass is 19.1. The summed E-state index contributed by atoms with van der Waals surface area (Å²) < 4.78 is 13.1. The van der Waals surface area contributed by atoms with Crippen LogP contribution in [-0.4, -0.2) is 5.78 Å². The van der Waals surface area contributed by atoms with E-state index in [1.54, 1.807) is 19.1 Å². The number of carbonyl (C=O) groups is 1. The minimum absolute atomic E-state index is 0.202. The fraction of sp³-hybridized carbons (Fsp3) is 0.500. The first-order valence-corrected chi connectivity index (χ1v) is 5.95. The van der Waals surface area contributed by atoms with Crippen LogP contribution in [0.5, 0.6) is 0 Å². The van der Waals surface area contributed by atoms with E-state index >= 15 is 0 Å². The van der Waals surface area contributed by atoms with Crippen LogP contribution in [0.25, 0.3) is 0 Å². The van der Waals surface area contributed by atoms with Gasteiger partial charge in [-0.15, -0.1) is 0 Å². The fourth-order valence-electron chi connectivity index (χ4n) is 2.96. The van der Waals surface area contributed by atoms with Crippen molar-refractivity contribution in [1.82, 2.24) is 0 Å². The highest BCUT2D eigenvalue weighted by Crippen LogP contribution is 2.54. The normalized spacial score (nSPS) is 31.2. The molecule has 1 nitrogen and oxygen atoms in total. The fourth-order valence-corrected chi connectivity index (χ4v) is 2.96. The third-order valence-electron chi connectivity index (χ3n) is 4.06. The molecule has 0 aliphatic heterocycles. The molecule has 2 atom stereocenters. The average Bonchev–Trinajstić information content (AvgIpc) is 2.89. The van der Waals surface area contributed by atoms with E-state index in [2.05, 4.69) is 0 Å². The number of ketones is 1. The molecule has 0 bridgehead atoms. The Morgan fingerprint density at radius 3 is 2.56 bits per heavy atom. The summed E-state index contributed by atoms with van der Waals surface area (Å²) in [7, 11) is 0. The number of hydrogen-bond donors (Lipinski definition) is 0. The Morgan fingerprint density at radius 1 is 1.25 bits per heavy atom. The van der Waals surface area contributed by atoms with Crippen LogP contribution in [-0.2, 0) is 0 Å². The molecule has 2 saturated carbocycles. The van der Waals surface area contributed by atoms with E-state index in [1.165, 1.54) is 12.5 Å². The van der Waals surface area contributed by atoms with Crippen LogP contribution in [0.2, 0.25) is 0 Å². The highest BCUT2D eigenvalue weighted by molar-refractivity contribution is 5.98. The van der Waals surface area contributed by atoms with Crippen molar-refractivity contribution in [3.05, 3.63) is 35.1 Å². The van der Waals surface area contributed by atoms with Crippen molar-refractivity contribution < 1.29 is 9.18 Å². The summed E-state index contributed by atoms with van der Waals surface area (Å²) in [6.45, 7) is 1.71. The van der Waals surface area contributed by atoms with Crippen LogP contribution in [0, 0.1) is 30.5 Å². The van der Waals surface area contributed by atoms with Gasteiger partial charge in [0.2, 0.25) is 0 Å². The molecule has 0 heterocycles. The molecule has 3 rings (SSSR count). The van der Waals surface area contributed by atoms with Gasteiger partial charge in [-0.2, -0.15) is 0 Å². The summed E-state index contributed by atoms with van der Waals surface area (Å²) in [6, 6.07) is 4.70. The van der Waals surface area contributed by atoms with Gasteiger partial charge in [-0.3, -0.25) is 4.79 Å². The average molecular weight is 218 g/mol. The first kappa shape index (κ1) is 10.0. The topological polar surface area (TPSA) is 17.1 Å². The Hall–Kier alpha value is -1.18. The standard InChI is InChI=1S/C14H15FO/c1-8-4-9(2-3-13(8)15)14(16)12-6-10-5-11(10)7-12/h2-4,10-12H,5-7H2,1H3. The van der Waals surface area contributed by atoms with Gasteiger partial charge < -0.3 is 0 Å². The molecule has 84 valence electrons. The van der Waals surface area contributed by atoms with Gasteiger partial charge in [0.1, 0.15) is 5.82 Å². The molecule has 0 saturated heterocycles. The van der Waals surface area contributed by atoms with Crippen molar-refractivity contribution in [3.63, 3.8) is 0 Å². The van der Waals surface area contributed by atoms with Crippen molar-refractivity contribution in [2.75, 3.05) is 0 Å². The van der Waals surface area contributed by atoms with Gasteiger partial charge in [-0.1, -0.05) is 0 Å². The second-order valence-electron chi connectivity index (χ2n) is 5.25. The van der Waals surface area contributed by atoms with Crippen molar-refractivity contribution in [2.24, 2.45) is 17.8 Å². The molecule has 2 aliphatic rings. The highest BCUT2D eigenvalue weighted by Gasteiger charge is 2.47. The summed E-state index contributed by atoms with van der Waals surface area (Å²) in [4.78, 5) is 12.2. The number of halogens is 1. The van der Waals surface area contributed by atoms with Gasteiger partial charge in [0, 0.05) is 11.5 Å². The van der Waals surface area contributed by atoms with Crippen LogP contribution < -0.4 is 0 Å². The molecule has 16 heavy (non-hydrogen) atoms. The van der Waals surface area contributed by atoms with Crippen molar-refractivity contribution in [2.45, 2.75) is 26.2 Å². The van der Waals surface area contributed by atoms with E-state index in [0.29, 0.717) is 11.1 Å². The van der Waals surface area contributed by atoms with Crippen LogP contribution in [0.3, 0.4) is 0 Å². The molecule has 0 amide bonds. The van der Waals surface area contributed by atoms with Gasteiger partial charge in [-0.05, 0) is 61.8 Å². The lowest BCUT2D eigenvalue weighted by atomic mass is 9.92. The summed E-state index contributed by atoms with van der Waals surface area (Å²) >= 11 is 0. The van der Waals surface area contributed by atoms with Crippen LogP contribution in [0.4, 0.5) is 4.39 Å². The maximum absolute atomic E-state index is 13.1. The second kappa shape index (κ2) is 3.41. The van der Waals surface area contributed by atoms with Gasteiger partial charge in [-0.25, -0.2) is 4.39 Å². The van der Waals surface area contributed by atoms with Crippen molar-refractivity contribution >= 4 is 5.78 Å². The van der Waals surface area contributed by atoms with E-state index in [-0.39, 0.29) is 17.5 Å². The van der Waals surface area contributed by atoms with E-state index in [0.717, 1.165) is 24.7 Å². The summed E-state index contributed by atoms with van der Waals surface area (Å²) in [5.74, 6) is 1.82. The second-order valence-corrected chi connectivity index (χ2v) is 5.25. The Morgan fingerprint density at radius 2 is 1.94 bits per heavy atom. The lowest BCUT2D eigenvalue weighted by Gasteiger charge is -2.11.